The van der Waals surface area contributed by atoms with Crippen molar-refractivity contribution in [3.63, 3.8) is 0 Å². The van der Waals surface area contributed by atoms with Crippen molar-refractivity contribution in [2.45, 2.75) is 18.7 Å². The number of sulfonamides is 1. The summed E-state index contributed by atoms with van der Waals surface area (Å²) < 4.78 is 33.8. The zero-order valence-corrected chi connectivity index (χ0v) is 19.7. The molecule has 9 nitrogen and oxygen atoms in total. The number of benzene rings is 2. The molecular weight excluding hydrogens is 452 g/mol. The molecule has 0 aliphatic heterocycles. The molecule has 10 heteroatoms. The van der Waals surface area contributed by atoms with Gasteiger partial charge in [-0.15, -0.1) is 0 Å². The van der Waals surface area contributed by atoms with Gasteiger partial charge in [-0.25, -0.2) is 23.4 Å². The van der Waals surface area contributed by atoms with E-state index in [0.717, 1.165) is 11.3 Å². The van der Waals surface area contributed by atoms with E-state index in [9.17, 15) is 8.42 Å². The molecule has 0 saturated carbocycles. The van der Waals surface area contributed by atoms with Gasteiger partial charge in [0, 0.05) is 23.6 Å². The second kappa shape index (κ2) is 9.75. The van der Waals surface area contributed by atoms with E-state index in [2.05, 4.69) is 30.3 Å². The maximum absolute atomic E-state index is 12.9. The Hall–Kier alpha value is -4.18. The molecule has 4 aromatic rings. The number of ether oxygens (including phenoxy) is 1. The quantitative estimate of drug-likeness (QED) is 0.332. The average molecular weight is 477 g/mol. The Morgan fingerprint density at radius 3 is 2.15 bits per heavy atom. The van der Waals surface area contributed by atoms with Crippen molar-refractivity contribution in [1.82, 2.24) is 15.0 Å². The standard InChI is InChI=1S/C24H24N6O3S/c1-16-17(2)21(12-11-20(16)33-3)34(31,32)30-19-9-7-18(8-10-19)28-23-14-24(27-15-26-23)29-22-6-4-5-13-25-22/h4-15,30H,1-3H3,(H2,25,26,27,28,29). The molecule has 2 aromatic heterocycles. The third-order valence-electron chi connectivity index (χ3n) is 5.19. The number of pyridine rings is 1. The number of hydrogen-bond acceptors (Lipinski definition) is 8. The first kappa shape index (κ1) is 23.0. The van der Waals surface area contributed by atoms with Gasteiger partial charge >= 0.3 is 0 Å². The number of methoxy groups -OCH3 is 1. The van der Waals surface area contributed by atoms with Crippen LogP contribution in [-0.4, -0.2) is 30.5 Å². The number of rotatable bonds is 8. The third-order valence-corrected chi connectivity index (χ3v) is 6.72. The normalized spacial score (nSPS) is 11.0. The van der Waals surface area contributed by atoms with Gasteiger partial charge in [0.2, 0.25) is 0 Å². The molecule has 174 valence electrons. The minimum Gasteiger partial charge on any atom is -0.496 e. The topological polar surface area (TPSA) is 118 Å². The van der Waals surface area contributed by atoms with Crippen molar-refractivity contribution in [3.05, 3.63) is 84.3 Å². The third kappa shape index (κ3) is 5.24. The van der Waals surface area contributed by atoms with Crippen molar-refractivity contribution in [2.24, 2.45) is 0 Å². The van der Waals surface area contributed by atoms with Gasteiger partial charge < -0.3 is 15.4 Å². The lowest BCUT2D eigenvalue weighted by molar-refractivity contribution is 0.411. The highest BCUT2D eigenvalue weighted by molar-refractivity contribution is 7.92. The van der Waals surface area contributed by atoms with Crippen LogP contribution in [0.5, 0.6) is 5.75 Å². The summed E-state index contributed by atoms with van der Waals surface area (Å²) in [5.41, 5.74) is 2.61. The fourth-order valence-corrected chi connectivity index (χ4v) is 4.68. The number of anilines is 5. The van der Waals surface area contributed by atoms with Gasteiger partial charge in [0.25, 0.3) is 10.0 Å². The average Bonchev–Trinajstić information content (AvgIpc) is 2.82. The Morgan fingerprint density at radius 2 is 1.47 bits per heavy atom. The van der Waals surface area contributed by atoms with Crippen molar-refractivity contribution in [2.75, 3.05) is 22.5 Å². The number of nitrogens with one attached hydrogen (secondary N) is 3. The number of aromatic nitrogens is 3. The van der Waals surface area contributed by atoms with Crippen molar-refractivity contribution in [3.8, 4) is 5.75 Å². The van der Waals surface area contributed by atoms with Crippen LogP contribution in [-0.2, 0) is 10.0 Å². The van der Waals surface area contributed by atoms with Crippen LogP contribution in [0.25, 0.3) is 0 Å². The van der Waals surface area contributed by atoms with Crippen LogP contribution in [0.3, 0.4) is 0 Å². The molecule has 0 bridgehead atoms. The lowest BCUT2D eigenvalue weighted by Gasteiger charge is -2.14. The fraction of sp³-hybridized carbons (Fsp3) is 0.125. The van der Waals surface area contributed by atoms with Gasteiger partial charge in [0.15, 0.2) is 0 Å². The predicted octanol–water partition coefficient (Wildman–Crippen LogP) is 4.79. The molecule has 0 amide bonds. The Bertz CT molecular complexity index is 1390. The number of hydrogen-bond donors (Lipinski definition) is 3. The smallest absolute Gasteiger partial charge is 0.262 e. The Labute approximate surface area is 198 Å². The van der Waals surface area contributed by atoms with E-state index in [1.807, 2.05) is 25.1 Å². The molecule has 0 saturated heterocycles. The highest BCUT2D eigenvalue weighted by atomic mass is 32.2. The van der Waals surface area contributed by atoms with Gasteiger partial charge in [0.1, 0.15) is 29.5 Å². The summed E-state index contributed by atoms with van der Waals surface area (Å²) in [6.45, 7) is 3.59. The second-order valence-electron chi connectivity index (χ2n) is 7.45. The van der Waals surface area contributed by atoms with E-state index in [1.165, 1.54) is 6.33 Å². The van der Waals surface area contributed by atoms with E-state index in [-0.39, 0.29) is 4.90 Å². The van der Waals surface area contributed by atoms with E-state index < -0.39 is 10.0 Å². The van der Waals surface area contributed by atoms with Gasteiger partial charge in [-0.3, -0.25) is 4.72 Å². The summed E-state index contributed by atoms with van der Waals surface area (Å²) in [6, 6.07) is 17.4. The summed E-state index contributed by atoms with van der Waals surface area (Å²) in [6.07, 6.45) is 3.13. The monoisotopic (exact) mass is 476 g/mol. The van der Waals surface area contributed by atoms with Gasteiger partial charge in [-0.05, 0) is 73.5 Å². The summed E-state index contributed by atoms with van der Waals surface area (Å²) >= 11 is 0. The van der Waals surface area contributed by atoms with Crippen LogP contribution in [0, 0.1) is 13.8 Å². The minimum absolute atomic E-state index is 0.210. The largest absolute Gasteiger partial charge is 0.496 e. The molecule has 4 rings (SSSR count). The van der Waals surface area contributed by atoms with E-state index in [4.69, 9.17) is 4.74 Å². The molecular formula is C24H24N6O3S. The summed E-state index contributed by atoms with van der Waals surface area (Å²) in [5.74, 6) is 2.48. The van der Waals surface area contributed by atoms with Crippen LogP contribution < -0.4 is 20.1 Å². The predicted molar refractivity (Wildman–Crippen MR) is 133 cm³/mol. The zero-order valence-electron chi connectivity index (χ0n) is 18.9. The second-order valence-corrected chi connectivity index (χ2v) is 9.10. The first-order valence-corrected chi connectivity index (χ1v) is 11.9. The summed E-state index contributed by atoms with van der Waals surface area (Å²) in [4.78, 5) is 12.8. The van der Waals surface area contributed by atoms with Crippen molar-refractivity contribution in [1.29, 1.82) is 0 Å². The van der Waals surface area contributed by atoms with E-state index in [0.29, 0.717) is 34.5 Å². The van der Waals surface area contributed by atoms with E-state index in [1.54, 1.807) is 62.7 Å². The molecule has 0 fully saturated rings. The highest BCUT2D eigenvalue weighted by Crippen LogP contribution is 2.28. The molecule has 0 aliphatic rings. The summed E-state index contributed by atoms with van der Waals surface area (Å²) in [5, 5.41) is 6.29. The Kier molecular flexibility index (Phi) is 6.60. The molecule has 0 unspecified atom stereocenters. The number of nitrogens with zero attached hydrogens (tertiary/aromatic N) is 3. The van der Waals surface area contributed by atoms with Crippen LogP contribution >= 0.6 is 0 Å². The molecule has 0 radical (unpaired) electrons. The van der Waals surface area contributed by atoms with Gasteiger partial charge in [-0.1, -0.05) is 6.07 Å². The van der Waals surface area contributed by atoms with Crippen LogP contribution in [0.4, 0.5) is 28.8 Å². The lowest BCUT2D eigenvalue weighted by Crippen LogP contribution is -2.15. The molecule has 0 atom stereocenters. The molecule has 0 aliphatic carbocycles. The molecule has 34 heavy (non-hydrogen) atoms. The SMILES string of the molecule is COc1ccc(S(=O)(=O)Nc2ccc(Nc3cc(Nc4ccccn4)ncn3)cc2)c(C)c1C. The maximum Gasteiger partial charge on any atom is 0.262 e. The molecule has 0 spiro atoms. The first-order valence-electron chi connectivity index (χ1n) is 10.4. The van der Waals surface area contributed by atoms with E-state index >= 15 is 0 Å². The summed E-state index contributed by atoms with van der Waals surface area (Å²) in [7, 11) is -2.20. The lowest BCUT2D eigenvalue weighted by atomic mass is 10.1. The molecule has 3 N–H and O–H groups in total. The van der Waals surface area contributed by atoms with Crippen LogP contribution in [0.15, 0.2) is 78.1 Å². The minimum atomic E-state index is -3.76. The zero-order chi connectivity index (χ0) is 24.1. The molecule has 2 heterocycles. The van der Waals surface area contributed by atoms with Crippen LogP contribution in [0.2, 0.25) is 0 Å². The van der Waals surface area contributed by atoms with Crippen molar-refractivity contribution < 1.29 is 13.2 Å². The highest BCUT2D eigenvalue weighted by Gasteiger charge is 2.19. The fourth-order valence-electron chi connectivity index (χ4n) is 3.32. The van der Waals surface area contributed by atoms with Gasteiger partial charge in [-0.2, -0.15) is 0 Å². The Balaban J connectivity index is 1.46. The van der Waals surface area contributed by atoms with Crippen molar-refractivity contribution >= 4 is 38.9 Å². The first-order chi connectivity index (χ1) is 16.4. The molecule has 2 aromatic carbocycles. The maximum atomic E-state index is 12.9. The van der Waals surface area contributed by atoms with Crippen LogP contribution in [0.1, 0.15) is 11.1 Å². The Morgan fingerprint density at radius 1 is 0.765 bits per heavy atom. The van der Waals surface area contributed by atoms with Gasteiger partial charge in [0.05, 0.1) is 12.0 Å².